The highest BCUT2D eigenvalue weighted by Crippen LogP contribution is 2.28. The minimum Gasteiger partial charge on any atom is -0.466 e. The Kier molecular flexibility index (Phi) is 4.98. The zero-order valence-electron chi connectivity index (χ0n) is 13.2. The third-order valence-electron chi connectivity index (χ3n) is 3.58. The molecule has 0 aliphatic carbocycles. The van der Waals surface area contributed by atoms with Crippen molar-refractivity contribution in [2.75, 3.05) is 5.32 Å². The zero-order chi connectivity index (χ0) is 16.9. The number of urea groups is 1. The number of benzene rings is 1. The van der Waals surface area contributed by atoms with E-state index >= 15 is 0 Å². The normalized spacial score (nSPS) is 11.9. The summed E-state index contributed by atoms with van der Waals surface area (Å²) in [6.07, 6.45) is 0.754. The summed E-state index contributed by atoms with van der Waals surface area (Å²) in [6.45, 7) is 2.34. The van der Waals surface area contributed by atoms with Gasteiger partial charge in [-0.05, 0) is 42.8 Å². The SMILES string of the molecule is Cc1ccccc1NC(=O)NCc1ccc([C@@H](O)c2ccco2)s1. The average Bonchev–Trinajstić information content (AvgIpc) is 3.26. The van der Waals surface area contributed by atoms with Crippen LogP contribution < -0.4 is 10.6 Å². The summed E-state index contributed by atoms with van der Waals surface area (Å²) in [7, 11) is 0. The number of aliphatic hydroxyl groups is 1. The highest BCUT2D eigenvalue weighted by Gasteiger charge is 2.15. The molecule has 0 saturated heterocycles. The van der Waals surface area contributed by atoms with E-state index in [0.29, 0.717) is 12.3 Å². The Morgan fingerprint density at radius 3 is 2.79 bits per heavy atom. The maximum Gasteiger partial charge on any atom is 0.319 e. The number of para-hydroxylation sites is 1. The van der Waals surface area contributed by atoms with E-state index in [2.05, 4.69) is 10.6 Å². The van der Waals surface area contributed by atoms with Gasteiger partial charge >= 0.3 is 6.03 Å². The fourth-order valence-corrected chi connectivity index (χ4v) is 3.22. The number of thiophene rings is 1. The lowest BCUT2D eigenvalue weighted by molar-refractivity contribution is 0.193. The van der Waals surface area contributed by atoms with E-state index in [1.54, 1.807) is 12.1 Å². The smallest absolute Gasteiger partial charge is 0.319 e. The Labute approximate surface area is 143 Å². The molecule has 0 radical (unpaired) electrons. The Bertz CT molecular complexity index is 811. The summed E-state index contributed by atoms with van der Waals surface area (Å²) in [5, 5.41) is 15.9. The lowest BCUT2D eigenvalue weighted by Gasteiger charge is -2.09. The molecule has 0 saturated carbocycles. The first-order chi connectivity index (χ1) is 11.6. The van der Waals surface area contributed by atoms with Gasteiger partial charge < -0.3 is 20.2 Å². The van der Waals surface area contributed by atoms with Gasteiger partial charge in [-0.15, -0.1) is 11.3 Å². The monoisotopic (exact) mass is 342 g/mol. The van der Waals surface area contributed by atoms with Gasteiger partial charge in [0, 0.05) is 15.4 Å². The van der Waals surface area contributed by atoms with Crippen LogP contribution >= 0.6 is 11.3 Å². The number of aliphatic hydroxyl groups excluding tert-OH is 1. The number of rotatable bonds is 5. The standard InChI is InChI=1S/C18H18N2O3S/c1-12-5-2-3-6-14(12)20-18(22)19-11-13-8-9-16(24-13)17(21)15-7-4-10-23-15/h2-10,17,21H,11H2,1H3,(H2,19,20,22)/t17-/m0/s1. The van der Waals surface area contributed by atoms with Crippen LogP contribution in [-0.2, 0) is 6.54 Å². The van der Waals surface area contributed by atoms with Crippen molar-refractivity contribution in [2.24, 2.45) is 0 Å². The van der Waals surface area contributed by atoms with E-state index in [4.69, 9.17) is 4.42 Å². The number of hydrogen-bond acceptors (Lipinski definition) is 4. The first-order valence-corrected chi connectivity index (χ1v) is 8.35. The average molecular weight is 342 g/mol. The molecule has 6 heteroatoms. The number of carbonyl (C=O) groups excluding carboxylic acids is 1. The summed E-state index contributed by atoms with van der Waals surface area (Å²) in [5.74, 6) is 0.508. The van der Waals surface area contributed by atoms with Crippen LogP contribution in [0.25, 0.3) is 0 Å². The zero-order valence-corrected chi connectivity index (χ0v) is 14.0. The second-order valence-electron chi connectivity index (χ2n) is 5.34. The van der Waals surface area contributed by atoms with Crippen molar-refractivity contribution in [3.8, 4) is 0 Å². The van der Waals surface area contributed by atoms with E-state index in [9.17, 15) is 9.90 Å². The summed E-state index contributed by atoms with van der Waals surface area (Å²) in [5.41, 5.74) is 1.79. The third kappa shape index (κ3) is 3.84. The molecule has 2 amide bonds. The van der Waals surface area contributed by atoms with Crippen molar-refractivity contribution in [2.45, 2.75) is 19.6 Å². The Morgan fingerprint density at radius 2 is 2.04 bits per heavy atom. The van der Waals surface area contributed by atoms with Crippen LogP contribution in [-0.4, -0.2) is 11.1 Å². The fourth-order valence-electron chi connectivity index (χ4n) is 2.27. The predicted octanol–water partition coefficient (Wildman–Crippen LogP) is 4.05. The third-order valence-corrected chi connectivity index (χ3v) is 4.72. The number of aryl methyl sites for hydroxylation is 1. The minimum absolute atomic E-state index is 0.258. The first-order valence-electron chi connectivity index (χ1n) is 7.54. The quantitative estimate of drug-likeness (QED) is 0.655. The Hall–Kier alpha value is -2.57. The molecule has 0 bridgehead atoms. The molecule has 2 heterocycles. The second kappa shape index (κ2) is 7.33. The van der Waals surface area contributed by atoms with E-state index in [1.807, 2.05) is 43.3 Å². The topological polar surface area (TPSA) is 74.5 Å². The Morgan fingerprint density at radius 1 is 1.21 bits per heavy atom. The fraction of sp³-hybridized carbons (Fsp3) is 0.167. The van der Waals surface area contributed by atoms with Crippen molar-refractivity contribution in [3.63, 3.8) is 0 Å². The molecule has 0 aliphatic heterocycles. The second-order valence-corrected chi connectivity index (χ2v) is 6.54. The van der Waals surface area contributed by atoms with Crippen LogP contribution in [0, 0.1) is 6.92 Å². The molecule has 24 heavy (non-hydrogen) atoms. The highest BCUT2D eigenvalue weighted by atomic mass is 32.1. The van der Waals surface area contributed by atoms with Crippen LogP contribution in [0.3, 0.4) is 0 Å². The van der Waals surface area contributed by atoms with Crippen molar-refractivity contribution < 1.29 is 14.3 Å². The molecule has 0 spiro atoms. The van der Waals surface area contributed by atoms with Gasteiger partial charge in [0.15, 0.2) is 0 Å². The minimum atomic E-state index is -0.778. The molecular formula is C18H18N2O3S. The number of carbonyl (C=O) groups is 1. The molecule has 0 fully saturated rings. The molecule has 0 unspecified atom stereocenters. The first kappa shape index (κ1) is 16.3. The number of nitrogens with one attached hydrogen (secondary N) is 2. The van der Waals surface area contributed by atoms with Crippen molar-refractivity contribution >= 4 is 23.1 Å². The van der Waals surface area contributed by atoms with Crippen LogP contribution in [0.5, 0.6) is 0 Å². The molecule has 0 aliphatic rings. The van der Waals surface area contributed by atoms with Gasteiger partial charge in [0.25, 0.3) is 0 Å². The van der Waals surface area contributed by atoms with Crippen LogP contribution in [0.4, 0.5) is 10.5 Å². The van der Waals surface area contributed by atoms with Crippen LogP contribution in [0.1, 0.15) is 27.2 Å². The van der Waals surface area contributed by atoms with E-state index in [-0.39, 0.29) is 6.03 Å². The van der Waals surface area contributed by atoms with Crippen molar-refractivity contribution in [1.82, 2.24) is 5.32 Å². The number of hydrogen-bond donors (Lipinski definition) is 3. The summed E-state index contributed by atoms with van der Waals surface area (Å²) >= 11 is 1.44. The number of furan rings is 1. The van der Waals surface area contributed by atoms with Gasteiger partial charge in [-0.2, -0.15) is 0 Å². The molecule has 3 rings (SSSR count). The maximum atomic E-state index is 12.0. The molecule has 1 atom stereocenters. The van der Waals surface area contributed by atoms with Crippen LogP contribution in [0.2, 0.25) is 0 Å². The van der Waals surface area contributed by atoms with E-state index in [0.717, 1.165) is 21.0 Å². The molecule has 3 N–H and O–H groups in total. The van der Waals surface area contributed by atoms with Gasteiger partial charge in [-0.25, -0.2) is 4.79 Å². The van der Waals surface area contributed by atoms with Gasteiger partial charge in [0.1, 0.15) is 11.9 Å². The Balaban J connectivity index is 1.55. The van der Waals surface area contributed by atoms with Crippen molar-refractivity contribution in [3.05, 3.63) is 75.9 Å². The lowest BCUT2D eigenvalue weighted by atomic mass is 10.2. The highest BCUT2D eigenvalue weighted by molar-refractivity contribution is 7.12. The van der Waals surface area contributed by atoms with E-state index < -0.39 is 6.10 Å². The molecule has 2 aromatic heterocycles. The maximum absolute atomic E-state index is 12.0. The molecule has 5 nitrogen and oxygen atoms in total. The largest absolute Gasteiger partial charge is 0.466 e. The van der Waals surface area contributed by atoms with Gasteiger partial charge in [-0.3, -0.25) is 0 Å². The lowest BCUT2D eigenvalue weighted by Crippen LogP contribution is -2.28. The van der Waals surface area contributed by atoms with Gasteiger partial charge in [0.2, 0.25) is 0 Å². The van der Waals surface area contributed by atoms with Crippen LogP contribution in [0.15, 0.2) is 59.2 Å². The molecule has 3 aromatic rings. The molecular weight excluding hydrogens is 324 g/mol. The summed E-state index contributed by atoms with van der Waals surface area (Å²) in [4.78, 5) is 13.7. The summed E-state index contributed by atoms with van der Waals surface area (Å²) in [6, 6.07) is 14.6. The molecule has 124 valence electrons. The predicted molar refractivity (Wildman–Crippen MR) is 94.1 cm³/mol. The van der Waals surface area contributed by atoms with Crippen molar-refractivity contribution in [1.29, 1.82) is 0 Å². The number of amides is 2. The summed E-state index contributed by atoms with van der Waals surface area (Å²) < 4.78 is 5.21. The van der Waals surface area contributed by atoms with E-state index in [1.165, 1.54) is 17.6 Å². The number of anilines is 1. The van der Waals surface area contributed by atoms with Gasteiger partial charge in [0.05, 0.1) is 12.8 Å². The molecule has 1 aromatic carbocycles. The van der Waals surface area contributed by atoms with Gasteiger partial charge in [-0.1, -0.05) is 18.2 Å².